The first kappa shape index (κ1) is 19.0. The van der Waals surface area contributed by atoms with Gasteiger partial charge in [-0.25, -0.2) is 0 Å². The zero-order chi connectivity index (χ0) is 18.4. The number of carbonyl (C=O) groups excluding carboxylic acids is 2. The third-order valence-electron chi connectivity index (χ3n) is 4.45. The fraction of sp³-hybridized carbons (Fsp3) is 0.474. The Labute approximate surface area is 149 Å². The molecule has 0 unspecified atom stereocenters. The van der Waals surface area contributed by atoms with Gasteiger partial charge in [-0.15, -0.1) is 0 Å². The largest absolute Gasteiger partial charge is 0.497 e. The summed E-state index contributed by atoms with van der Waals surface area (Å²) in [6.07, 6.45) is 2.91. The van der Waals surface area contributed by atoms with Gasteiger partial charge in [0.2, 0.25) is 11.8 Å². The van der Waals surface area contributed by atoms with Gasteiger partial charge in [0, 0.05) is 19.1 Å². The van der Waals surface area contributed by atoms with Crippen LogP contribution in [0.25, 0.3) is 5.57 Å². The monoisotopic (exact) mass is 345 g/mol. The highest BCUT2D eigenvalue weighted by Crippen LogP contribution is 2.24. The van der Waals surface area contributed by atoms with Gasteiger partial charge in [-0.3, -0.25) is 14.5 Å². The summed E-state index contributed by atoms with van der Waals surface area (Å²) in [6, 6.07) is 8.05. The number of carbonyl (C=O) groups is 2. The Hall–Kier alpha value is -2.34. The van der Waals surface area contributed by atoms with Crippen LogP contribution in [0.3, 0.4) is 0 Å². The van der Waals surface area contributed by atoms with Crippen molar-refractivity contribution < 1.29 is 14.3 Å². The molecule has 1 aromatic rings. The molecule has 2 rings (SSSR count). The van der Waals surface area contributed by atoms with Crippen molar-refractivity contribution in [1.82, 2.24) is 9.80 Å². The maximum absolute atomic E-state index is 12.5. The van der Waals surface area contributed by atoms with E-state index in [2.05, 4.69) is 6.08 Å². The van der Waals surface area contributed by atoms with E-state index in [4.69, 9.17) is 10.5 Å². The quantitative estimate of drug-likeness (QED) is 0.813. The van der Waals surface area contributed by atoms with Gasteiger partial charge in [0.05, 0.1) is 20.2 Å². The predicted octanol–water partition coefficient (Wildman–Crippen LogP) is 1.51. The number of benzene rings is 1. The fourth-order valence-electron chi connectivity index (χ4n) is 2.86. The Balaban J connectivity index is 1.96. The van der Waals surface area contributed by atoms with Crippen molar-refractivity contribution in [2.24, 2.45) is 5.73 Å². The molecule has 2 amide bonds. The second kappa shape index (κ2) is 8.67. The molecule has 6 nitrogen and oxygen atoms in total. The molecule has 1 aliphatic heterocycles. The molecule has 0 aliphatic carbocycles. The lowest BCUT2D eigenvalue weighted by atomic mass is 9.99. The molecule has 136 valence electrons. The lowest BCUT2D eigenvalue weighted by Gasteiger charge is -2.31. The van der Waals surface area contributed by atoms with Gasteiger partial charge in [-0.2, -0.15) is 0 Å². The Bertz CT molecular complexity index is 638. The minimum Gasteiger partial charge on any atom is -0.497 e. The standard InChI is InChI=1S/C19H27N3O3/c1-14(2)22(12-18(20)23)13-19(24)21-10-8-16(9-11-21)15-4-6-17(25-3)7-5-15/h4-8,14H,9-13H2,1-3H3,(H2,20,23). The van der Waals surface area contributed by atoms with Crippen molar-refractivity contribution in [3.8, 4) is 5.75 Å². The number of amides is 2. The predicted molar refractivity (Wildman–Crippen MR) is 98.1 cm³/mol. The van der Waals surface area contributed by atoms with E-state index in [-0.39, 0.29) is 25.0 Å². The fourth-order valence-corrected chi connectivity index (χ4v) is 2.86. The molecule has 0 saturated carbocycles. The summed E-state index contributed by atoms with van der Waals surface area (Å²) in [5.41, 5.74) is 7.66. The lowest BCUT2D eigenvalue weighted by molar-refractivity contribution is -0.133. The second-order valence-electron chi connectivity index (χ2n) is 6.51. The average Bonchev–Trinajstić information content (AvgIpc) is 2.61. The molecule has 25 heavy (non-hydrogen) atoms. The summed E-state index contributed by atoms with van der Waals surface area (Å²) >= 11 is 0. The van der Waals surface area contributed by atoms with E-state index >= 15 is 0 Å². The van der Waals surface area contributed by atoms with E-state index in [0.717, 1.165) is 17.7 Å². The Morgan fingerprint density at radius 2 is 1.92 bits per heavy atom. The van der Waals surface area contributed by atoms with Gasteiger partial charge >= 0.3 is 0 Å². The van der Waals surface area contributed by atoms with Crippen molar-refractivity contribution in [2.75, 3.05) is 33.3 Å². The number of nitrogens with two attached hydrogens (primary N) is 1. The van der Waals surface area contributed by atoms with Crippen molar-refractivity contribution in [3.63, 3.8) is 0 Å². The summed E-state index contributed by atoms with van der Waals surface area (Å²) in [4.78, 5) is 27.3. The number of hydrogen-bond acceptors (Lipinski definition) is 4. The second-order valence-corrected chi connectivity index (χ2v) is 6.51. The summed E-state index contributed by atoms with van der Waals surface area (Å²) in [5.74, 6) is 0.446. The van der Waals surface area contributed by atoms with Crippen LogP contribution in [-0.4, -0.2) is 60.9 Å². The third-order valence-corrected chi connectivity index (χ3v) is 4.45. The Kier molecular flexibility index (Phi) is 6.58. The van der Waals surface area contributed by atoms with E-state index in [0.29, 0.717) is 13.1 Å². The van der Waals surface area contributed by atoms with Crippen LogP contribution in [0.5, 0.6) is 5.75 Å². The first-order valence-corrected chi connectivity index (χ1v) is 8.54. The number of nitrogens with zero attached hydrogens (tertiary/aromatic N) is 2. The highest BCUT2D eigenvalue weighted by atomic mass is 16.5. The Morgan fingerprint density at radius 3 is 2.40 bits per heavy atom. The molecule has 2 N–H and O–H groups in total. The molecular formula is C19H27N3O3. The highest BCUT2D eigenvalue weighted by Gasteiger charge is 2.22. The summed E-state index contributed by atoms with van der Waals surface area (Å²) in [7, 11) is 1.65. The van der Waals surface area contributed by atoms with Crippen LogP contribution in [0.4, 0.5) is 0 Å². The molecule has 0 aromatic heterocycles. The smallest absolute Gasteiger partial charge is 0.237 e. The molecule has 1 aliphatic rings. The molecule has 0 fully saturated rings. The molecule has 0 radical (unpaired) electrons. The molecule has 0 spiro atoms. The summed E-state index contributed by atoms with van der Waals surface area (Å²) in [6.45, 7) is 5.49. The molecule has 1 heterocycles. The number of primary amides is 1. The minimum atomic E-state index is -0.415. The molecule has 0 bridgehead atoms. The van der Waals surface area contributed by atoms with Gasteiger partial charge in [0.25, 0.3) is 0 Å². The number of rotatable bonds is 7. The van der Waals surface area contributed by atoms with Crippen molar-refractivity contribution >= 4 is 17.4 Å². The molecule has 6 heteroatoms. The maximum Gasteiger partial charge on any atom is 0.237 e. The van der Waals surface area contributed by atoms with Gasteiger partial charge < -0.3 is 15.4 Å². The third kappa shape index (κ3) is 5.32. The summed E-state index contributed by atoms with van der Waals surface area (Å²) < 4.78 is 5.18. The van der Waals surface area contributed by atoms with Gasteiger partial charge in [-0.05, 0) is 43.5 Å². The van der Waals surface area contributed by atoms with E-state index in [1.54, 1.807) is 12.0 Å². The van der Waals surface area contributed by atoms with E-state index in [9.17, 15) is 9.59 Å². The van der Waals surface area contributed by atoms with Crippen molar-refractivity contribution in [2.45, 2.75) is 26.3 Å². The van der Waals surface area contributed by atoms with Crippen LogP contribution >= 0.6 is 0 Å². The van der Waals surface area contributed by atoms with E-state index in [1.165, 1.54) is 5.57 Å². The number of hydrogen-bond donors (Lipinski definition) is 1. The van der Waals surface area contributed by atoms with E-state index < -0.39 is 5.91 Å². The maximum atomic E-state index is 12.5. The van der Waals surface area contributed by atoms with Crippen molar-refractivity contribution in [3.05, 3.63) is 35.9 Å². The first-order valence-electron chi connectivity index (χ1n) is 8.54. The van der Waals surface area contributed by atoms with Crippen LogP contribution in [0, 0.1) is 0 Å². The molecular weight excluding hydrogens is 318 g/mol. The van der Waals surface area contributed by atoms with Crippen LogP contribution in [-0.2, 0) is 9.59 Å². The Morgan fingerprint density at radius 1 is 1.24 bits per heavy atom. The van der Waals surface area contributed by atoms with E-state index in [1.807, 2.05) is 43.0 Å². The molecule has 0 atom stereocenters. The van der Waals surface area contributed by atoms with Crippen LogP contribution < -0.4 is 10.5 Å². The lowest BCUT2D eigenvalue weighted by Crippen LogP contribution is -2.47. The van der Waals surface area contributed by atoms with Crippen LogP contribution in [0.1, 0.15) is 25.8 Å². The van der Waals surface area contributed by atoms with Crippen LogP contribution in [0.15, 0.2) is 30.3 Å². The zero-order valence-electron chi connectivity index (χ0n) is 15.2. The number of ether oxygens (including phenoxy) is 1. The van der Waals surface area contributed by atoms with Crippen molar-refractivity contribution in [1.29, 1.82) is 0 Å². The number of methoxy groups -OCH3 is 1. The topological polar surface area (TPSA) is 75.9 Å². The average molecular weight is 345 g/mol. The minimum absolute atomic E-state index is 0.0278. The van der Waals surface area contributed by atoms with Crippen LogP contribution in [0.2, 0.25) is 0 Å². The highest BCUT2D eigenvalue weighted by molar-refractivity contribution is 5.81. The molecule has 0 saturated heterocycles. The van der Waals surface area contributed by atoms with Gasteiger partial charge in [0.15, 0.2) is 0 Å². The summed E-state index contributed by atoms with van der Waals surface area (Å²) in [5, 5.41) is 0. The van der Waals surface area contributed by atoms with Gasteiger partial charge in [-0.1, -0.05) is 18.2 Å². The normalized spacial score (nSPS) is 14.6. The zero-order valence-corrected chi connectivity index (χ0v) is 15.2. The SMILES string of the molecule is COc1ccc(C2=CCN(C(=O)CN(CC(N)=O)C(C)C)CC2)cc1. The first-order chi connectivity index (χ1) is 11.9. The molecule has 1 aromatic carbocycles. The van der Waals surface area contributed by atoms with Gasteiger partial charge in [0.1, 0.15) is 5.75 Å².